The standard InChI is InChI=1S/2C28H57NO.C2H4/c2*1-2-3-4-5-6-7-8-9-10-11-12-13-14-15-16-17-18-19-20-21-22-23-24-25-26-27-28(29)30;1-2/h2*2-27H2,1H3,(H2,29,30);1-2H2. The Morgan fingerprint density at radius 2 is 0.323 bits per heavy atom. The maximum absolute atomic E-state index is 10.7. The number of primary amides is 2. The molecule has 0 aromatic carbocycles. The molecular formula is C58H118N2O2. The first-order valence-corrected chi connectivity index (χ1v) is 28.6. The molecule has 0 aliphatic rings. The normalized spacial score (nSPS) is 10.9. The molecule has 0 bridgehead atoms. The van der Waals surface area contributed by atoms with E-state index in [2.05, 4.69) is 27.0 Å². The summed E-state index contributed by atoms with van der Waals surface area (Å²) in [7, 11) is 0. The SMILES string of the molecule is C=C.CCCCCCCCCCCCCCCCCCCCCCCCCCCC(N)=O.CCCCCCCCCCCCCCCCCCCCCCCCCCCC(N)=O. The second-order valence-corrected chi connectivity index (χ2v) is 19.4. The Morgan fingerprint density at radius 1 is 0.226 bits per heavy atom. The van der Waals surface area contributed by atoms with Crippen molar-refractivity contribution in [3.63, 3.8) is 0 Å². The molecule has 0 heterocycles. The minimum atomic E-state index is -0.149. The summed E-state index contributed by atoms with van der Waals surface area (Å²) in [6.45, 7) is 10.6. The van der Waals surface area contributed by atoms with E-state index in [1.807, 2.05) is 0 Å². The van der Waals surface area contributed by atoms with Crippen LogP contribution in [0.4, 0.5) is 0 Å². The molecule has 2 amide bonds. The van der Waals surface area contributed by atoms with Gasteiger partial charge in [0, 0.05) is 12.8 Å². The van der Waals surface area contributed by atoms with Crippen molar-refractivity contribution in [1.29, 1.82) is 0 Å². The zero-order valence-electron chi connectivity index (χ0n) is 43.2. The van der Waals surface area contributed by atoms with Gasteiger partial charge in [-0.3, -0.25) is 9.59 Å². The monoisotopic (exact) mass is 875 g/mol. The lowest BCUT2D eigenvalue weighted by Crippen LogP contribution is -2.09. The lowest BCUT2D eigenvalue weighted by Gasteiger charge is -2.04. The van der Waals surface area contributed by atoms with Gasteiger partial charge in [0.25, 0.3) is 0 Å². The lowest BCUT2D eigenvalue weighted by atomic mass is 10.0. The van der Waals surface area contributed by atoms with E-state index in [0.717, 1.165) is 12.8 Å². The molecule has 0 rings (SSSR count). The number of carbonyl (C=O) groups is 2. The van der Waals surface area contributed by atoms with Crippen LogP contribution in [0.5, 0.6) is 0 Å². The molecule has 62 heavy (non-hydrogen) atoms. The first-order valence-electron chi connectivity index (χ1n) is 28.6. The quantitative estimate of drug-likeness (QED) is 0.0471. The highest BCUT2D eigenvalue weighted by Crippen LogP contribution is 2.18. The minimum absolute atomic E-state index is 0.149. The number of unbranched alkanes of at least 4 members (excludes halogenated alkanes) is 48. The molecule has 0 aromatic rings. The van der Waals surface area contributed by atoms with E-state index in [-0.39, 0.29) is 11.8 Å². The molecule has 0 aromatic heterocycles. The van der Waals surface area contributed by atoms with Crippen molar-refractivity contribution in [2.75, 3.05) is 0 Å². The van der Waals surface area contributed by atoms with Crippen LogP contribution < -0.4 is 11.5 Å². The number of carbonyl (C=O) groups excluding carboxylic acids is 2. The summed E-state index contributed by atoms with van der Waals surface area (Å²) in [5, 5.41) is 0. The van der Waals surface area contributed by atoms with E-state index in [0.29, 0.717) is 12.8 Å². The summed E-state index contributed by atoms with van der Waals surface area (Å²) in [5.74, 6) is -0.298. The second kappa shape index (κ2) is 64.0. The molecule has 4 N–H and O–H groups in total. The molecule has 0 aliphatic carbocycles. The summed E-state index contributed by atoms with van der Waals surface area (Å²) in [4.78, 5) is 21.3. The Kier molecular flexibility index (Phi) is 67.0. The van der Waals surface area contributed by atoms with E-state index in [1.54, 1.807) is 0 Å². The van der Waals surface area contributed by atoms with Crippen molar-refractivity contribution in [3.8, 4) is 0 Å². The molecule has 0 aliphatic heterocycles. The maximum atomic E-state index is 10.7. The van der Waals surface area contributed by atoms with Crippen LogP contribution >= 0.6 is 0 Å². The molecule has 4 heteroatoms. The minimum Gasteiger partial charge on any atom is -0.370 e. The van der Waals surface area contributed by atoms with Crippen molar-refractivity contribution in [2.45, 2.75) is 348 Å². The summed E-state index contributed by atoms with van der Waals surface area (Å²) in [5.41, 5.74) is 10.3. The van der Waals surface area contributed by atoms with Crippen molar-refractivity contribution in [2.24, 2.45) is 11.5 Å². The van der Waals surface area contributed by atoms with Gasteiger partial charge < -0.3 is 11.5 Å². The van der Waals surface area contributed by atoms with Gasteiger partial charge >= 0.3 is 0 Å². The molecule has 0 saturated carbocycles. The van der Waals surface area contributed by atoms with Crippen LogP contribution in [0.15, 0.2) is 13.2 Å². The van der Waals surface area contributed by atoms with Crippen LogP contribution in [0.2, 0.25) is 0 Å². The van der Waals surface area contributed by atoms with Gasteiger partial charge in [-0.05, 0) is 12.8 Å². The summed E-state index contributed by atoms with van der Waals surface area (Å²) in [6.07, 6.45) is 71.4. The number of rotatable bonds is 52. The first kappa shape index (κ1) is 65.0. The van der Waals surface area contributed by atoms with E-state index in [1.165, 1.54) is 308 Å². The molecule has 372 valence electrons. The maximum Gasteiger partial charge on any atom is 0.217 e. The Labute approximate surface area is 392 Å². The van der Waals surface area contributed by atoms with Crippen molar-refractivity contribution >= 4 is 11.8 Å². The fourth-order valence-corrected chi connectivity index (χ4v) is 8.88. The lowest BCUT2D eigenvalue weighted by molar-refractivity contribution is -0.119. The smallest absolute Gasteiger partial charge is 0.217 e. The highest BCUT2D eigenvalue weighted by Gasteiger charge is 2.00. The van der Waals surface area contributed by atoms with Gasteiger partial charge in [0.2, 0.25) is 11.8 Å². The number of nitrogens with two attached hydrogens (primary N) is 2. The second-order valence-electron chi connectivity index (χ2n) is 19.4. The molecule has 0 fully saturated rings. The number of hydrogen-bond acceptors (Lipinski definition) is 2. The molecule has 0 unspecified atom stereocenters. The predicted molar refractivity (Wildman–Crippen MR) is 281 cm³/mol. The van der Waals surface area contributed by atoms with Gasteiger partial charge in [-0.2, -0.15) is 0 Å². The molecule has 0 saturated heterocycles. The number of amides is 2. The van der Waals surface area contributed by atoms with E-state index in [9.17, 15) is 9.59 Å². The summed E-state index contributed by atoms with van der Waals surface area (Å²) >= 11 is 0. The van der Waals surface area contributed by atoms with Crippen LogP contribution in [0.1, 0.15) is 348 Å². The third kappa shape index (κ3) is 70.3. The average Bonchev–Trinajstić information content (AvgIpc) is 3.27. The van der Waals surface area contributed by atoms with E-state index in [4.69, 9.17) is 11.5 Å². The molecule has 0 atom stereocenters. The van der Waals surface area contributed by atoms with Crippen molar-refractivity contribution in [1.82, 2.24) is 0 Å². The van der Waals surface area contributed by atoms with Crippen LogP contribution in [-0.2, 0) is 9.59 Å². The summed E-state index contributed by atoms with van der Waals surface area (Å²) < 4.78 is 0. The third-order valence-electron chi connectivity index (χ3n) is 13.1. The molecule has 4 nitrogen and oxygen atoms in total. The predicted octanol–water partition coefficient (Wildman–Crippen LogP) is 20.1. The van der Waals surface area contributed by atoms with Gasteiger partial charge in [-0.1, -0.05) is 322 Å². The van der Waals surface area contributed by atoms with Gasteiger partial charge in [0.1, 0.15) is 0 Å². The Hall–Kier alpha value is -1.32. The Bertz CT molecular complexity index is 736. The fraction of sp³-hybridized carbons (Fsp3) is 0.931. The van der Waals surface area contributed by atoms with Crippen LogP contribution in [0, 0.1) is 0 Å². The van der Waals surface area contributed by atoms with Crippen molar-refractivity contribution in [3.05, 3.63) is 13.2 Å². The molecule has 0 radical (unpaired) electrons. The van der Waals surface area contributed by atoms with Gasteiger partial charge in [-0.15, -0.1) is 13.2 Å². The molecule has 0 spiro atoms. The van der Waals surface area contributed by atoms with Crippen molar-refractivity contribution < 1.29 is 9.59 Å². The third-order valence-corrected chi connectivity index (χ3v) is 13.1. The zero-order chi connectivity index (χ0) is 45.9. The molecular weight excluding hydrogens is 757 g/mol. The largest absolute Gasteiger partial charge is 0.370 e. The Morgan fingerprint density at radius 3 is 0.419 bits per heavy atom. The highest BCUT2D eigenvalue weighted by molar-refractivity contribution is 5.73. The van der Waals surface area contributed by atoms with Crippen LogP contribution in [0.25, 0.3) is 0 Å². The number of hydrogen-bond donors (Lipinski definition) is 2. The summed E-state index contributed by atoms with van der Waals surface area (Å²) in [6, 6.07) is 0. The van der Waals surface area contributed by atoms with Gasteiger partial charge in [0.05, 0.1) is 0 Å². The topological polar surface area (TPSA) is 86.2 Å². The van der Waals surface area contributed by atoms with E-state index < -0.39 is 0 Å². The fourth-order valence-electron chi connectivity index (χ4n) is 8.88. The zero-order valence-corrected chi connectivity index (χ0v) is 43.2. The van der Waals surface area contributed by atoms with Gasteiger partial charge in [0.15, 0.2) is 0 Å². The van der Waals surface area contributed by atoms with Crippen LogP contribution in [-0.4, -0.2) is 11.8 Å². The Balaban J connectivity index is -0.00000108. The average molecular weight is 876 g/mol. The highest BCUT2D eigenvalue weighted by atomic mass is 16.1. The van der Waals surface area contributed by atoms with Crippen LogP contribution in [0.3, 0.4) is 0 Å². The van der Waals surface area contributed by atoms with Gasteiger partial charge in [-0.25, -0.2) is 0 Å². The van der Waals surface area contributed by atoms with E-state index >= 15 is 0 Å². The first-order chi connectivity index (χ1) is 30.5.